The quantitative estimate of drug-likeness (QED) is 0.514. The number of methoxy groups -OCH3 is 2. The molecule has 0 radical (unpaired) electrons. The average molecular weight is 449 g/mol. The van der Waals surface area contributed by atoms with E-state index in [0.29, 0.717) is 23.4 Å². The van der Waals surface area contributed by atoms with E-state index in [1.54, 1.807) is 14.2 Å². The fourth-order valence-corrected chi connectivity index (χ4v) is 4.40. The predicted molar refractivity (Wildman–Crippen MR) is 126 cm³/mol. The summed E-state index contributed by atoms with van der Waals surface area (Å²) in [5.41, 5.74) is 3.35. The van der Waals surface area contributed by atoms with Crippen molar-refractivity contribution in [2.45, 2.75) is 13.3 Å². The Bertz CT molecular complexity index is 1170. The molecule has 0 saturated heterocycles. The molecule has 32 heavy (non-hydrogen) atoms. The van der Waals surface area contributed by atoms with Gasteiger partial charge in [0.2, 0.25) is 0 Å². The van der Waals surface area contributed by atoms with Crippen molar-refractivity contribution in [3.63, 3.8) is 0 Å². The van der Waals surface area contributed by atoms with Crippen LogP contribution in [0.15, 0.2) is 65.7 Å². The summed E-state index contributed by atoms with van der Waals surface area (Å²) in [5, 5.41) is 5.09. The third-order valence-electron chi connectivity index (χ3n) is 5.33. The van der Waals surface area contributed by atoms with Gasteiger partial charge < -0.3 is 14.8 Å². The molecule has 4 rings (SSSR count). The standard InChI is InChI=1S/C25H24N2O4S/c1-16-6-11-20(31-3)19(15-16)26-23-22(21-5-4-14-32-21)24(28)27(25(23)29)13-12-17-7-9-18(30-2)10-8-17/h4-11,14-15,26H,12-13H2,1-3H3. The number of benzene rings is 2. The maximum Gasteiger partial charge on any atom is 0.278 e. The van der Waals surface area contributed by atoms with Crippen LogP contribution in [-0.4, -0.2) is 37.5 Å². The first-order valence-corrected chi connectivity index (χ1v) is 11.1. The molecule has 0 fully saturated rings. The average Bonchev–Trinajstić information content (AvgIpc) is 3.40. The molecule has 0 bridgehead atoms. The summed E-state index contributed by atoms with van der Waals surface area (Å²) in [5.74, 6) is 0.739. The summed E-state index contributed by atoms with van der Waals surface area (Å²) in [6.07, 6.45) is 0.556. The van der Waals surface area contributed by atoms with Gasteiger partial charge in [-0.15, -0.1) is 11.3 Å². The highest BCUT2D eigenvalue weighted by Crippen LogP contribution is 2.35. The second-order valence-corrected chi connectivity index (χ2v) is 8.36. The van der Waals surface area contributed by atoms with E-state index in [0.717, 1.165) is 21.8 Å². The maximum atomic E-state index is 13.4. The molecule has 0 unspecified atom stereocenters. The third kappa shape index (κ3) is 4.24. The lowest BCUT2D eigenvalue weighted by Gasteiger charge is -2.16. The van der Waals surface area contributed by atoms with Gasteiger partial charge in [-0.25, -0.2) is 0 Å². The minimum atomic E-state index is -0.338. The minimum absolute atomic E-state index is 0.274. The summed E-state index contributed by atoms with van der Waals surface area (Å²) < 4.78 is 10.6. The van der Waals surface area contributed by atoms with Gasteiger partial charge in [-0.2, -0.15) is 0 Å². The zero-order chi connectivity index (χ0) is 22.7. The van der Waals surface area contributed by atoms with E-state index >= 15 is 0 Å². The number of hydrogen-bond donors (Lipinski definition) is 1. The van der Waals surface area contributed by atoms with Gasteiger partial charge in [0.05, 0.1) is 25.5 Å². The Hall–Kier alpha value is -3.58. The molecule has 7 heteroatoms. The number of hydrogen-bond acceptors (Lipinski definition) is 6. The molecule has 3 aromatic rings. The molecule has 164 valence electrons. The van der Waals surface area contributed by atoms with Crippen molar-refractivity contribution >= 4 is 34.4 Å². The second-order valence-electron chi connectivity index (χ2n) is 7.42. The smallest absolute Gasteiger partial charge is 0.278 e. The summed E-state index contributed by atoms with van der Waals surface area (Å²) in [4.78, 5) is 28.7. The number of carbonyl (C=O) groups excluding carboxylic acids is 2. The van der Waals surface area contributed by atoms with Crippen LogP contribution in [0, 0.1) is 6.92 Å². The number of thiophene rings is 1. The molecule has 0 atom stereocenters. The van der Waals surface area contributed by atoms with Gasteiger partial charge in [0.1, 0.15) is 17.2 Å². The fourth-order valence-electron chi connectivity index (χ4n) is 3.63. The molecule has 0 spiro atoms. The first-order chi connectivity index (χ1) is 15.5. The lowest BCUT2D eigenvalue weighted by Crippen LogP contribution is -2.34. The molecule has 1 aliphatic heterocycles. The van der Waals surface area contributed by atoms with Gasteiger partial charge in [0.25, 0.3) is 11.8 Å². The molecule has 1 aliphatic rings. The number of nitrogens with zero attached hydrogens (tertiary/aromatic N) is 1. The monoisotopic (exact) mass is 448 g/mol. The highest BCUT2D eigenvalue weighted by molar-refractivity contribution is 7.11. The number of anilines is 1. The molecule has 1 aromatic heterocycles. The van der Waals surface area contributed by atoms with E-state index in [1.165, 1.54) is 16.2 Å². The molecule has 2 aromatic carbocycles. The zero-order valence-electron chi connectivity index (χ0n) is 18.2. The molecular formula is C25H24N2O4S. The number of ether oxygens (including phenoxy) is 2. The zero-order valence-corrected chi connectivity index (χ0v) is 19.0. The molecule has 1 N–H and O–H groups in total. The van der Waals surface area contributed by atoms with E-state index in [4.69, 9.17) is 9.47 Å². The van der Waals surface area contributed by atoms with Crippen LogP contribution in [0.25, 0.3) is 5.57 Å². The topological polar surface area (TPSA) is 67.9 Å². The van der Waals surface area contributed by atoms with E-state index in [1.807, 2.05) is 66.9 Å². The summed E-state index contributed by atoms with van der Waals surface area (Å²) in [7, 11) is 3.19. The van der Waals surface area contributed by atoms with Crippen molar-refractivity contribution in [2.75, 3.05) is 26.1 Å². The van der Waals surface area contributed by atoms with Crippen LogP contribution in [0.1, 0.15) is 16.0 Å². The van der Waals surface area contributed by atoms with Crippen molar-refractivity contribution in [1.82, 2.24) is 4.90 Å². The number of imide groups is 1. The largest absolute Gasteiger partial charge is 0.497 e. The Morgan fingerprint density at radius 2 is 1.75 bits per heavy atom. The van der Waals surface area contributed by atoms with Crippen molar-refractivity contribution < 1.29 is 19.1 Å². The minimum Gasteiger partial charge on any atom is -0.497 e. The number of carbonyl (C=O) groups is 2. The van der Waals surface area contributed by atoms with Gasteiger partial charge >= 0.3 is 0 Å². The molecule has 0 saturated carbocycles. The summed E-state index contributed by atoms with van der Waals surface area (Å²) in [6, 6.07) is 17.0. The van der Waals surface area contributed by atoms with Crippen LogP contribution in [0.4, 0.5) is 5.69 Å². The van der Waals surface area contributed by atoms with Crippen LogP contribution in [0.3, 0.4) is 0 Å². The Morgan fingerprint density at radius 1 is 0.969 bits per heavy atom. The highest BCUT2D eigenvalue weighted by atomic mass is 32.1. The number of aryl methyl sites for hydroxylation is 1. The summed E-state index contributed by atoms with van der Waals surface area (Å²) >= 11 is 1.43. The molecule has 6 nitrogen and oxygen atoms in total. The van der Waals surface area contributed by atoms with Gasteiger partial charge in [-0.05, 0) is 60.2 Å². The Morgan fingerprint density at radius 3 is 2.41 bits per heavy atom. The van der Waals surface area contributed by atoms with Crippen molar-refractivity contribution in [3.8, 4) is 11.5 Å². The lowest BCUT2D eigenvalue weighted by atomic mass is 10.1. The first kappa shape index (κ1) is 21.6. The lowest BCUT2D eigenvalue weighted by molar-refractivity contribution is -0.136. The third-order valence-corrected chi connectivity index (χ3v) is 6.22. The van der Waals surface area contributed by atoms with Crippen LogP contribution < -0.4 is 14.8 Å². The molecular weight excluding hydrogens is 424 g/mol. The second kappa shape index (κ2) is 9.28. The van der Waals surface area contributed by atoms with Crippen LogP contribution in [-0.2, 0) is 16.0 Å². The Kier molecular flexibility index (Phi) is 6.28. The van der Waals surface area contributed by atoms with E-state index in [9.17, 15) is 9.59 Å². The van der Waals surface area contributed by atoms with Gasteiger partial charge in [-0.3, -0.25) is 14.5 Å². The molecule has 2 amide bonds. The molecule has 2 heterocycles. The van der Waals surface area contributed by atoms with E-state index in [2.05, 4.69) is 5.32 Å². The Labute approximate surface area is 191 Å². The van der Waals surface area contributed by atoms with Gasteiger partial charge in [0, 0.05) is 11.4 Å². The number of nitrogens with one attached hydrogen (secondary N) is 1. The maximum absolute atomic E-state index is 13.4. The van der Waals surface area contributed by atoms with Gasteiger partial charge in [0.15, 0.2) is 0 Å². The van der Waals surface area contributed by atoms with Gasteiger partial charge in [-0.1, -0.05) is 24.3 Å². The Balaban J connectivity index is 1.63. The number of rotatable bonds is 8. The molecule has 0 aliphatic carbocycles. The normalized spacial score (nSPS) is 13.7. The number of amides is 2. The van der Waals surface area contributed by atoms with Crippen molar-refractivity contribution in [3.05, 3.63) is 81.7 Å². The van der Waals surface area contributed by atoms with Crippen LogP contribution in [0.5, 0.6) is 11.5 Å². The summed E-state index contributed by atoms with van der Waals surface area (Å²) in [6.45, 7) is 2.25. The fraction of sp³-hybridized carbons (Fsp3) is 0.200. The van der Waals surface area contributed by atoms with Crippen LogP contribution >= 0.6 is 11.3 Å². The van der Waals surface area contributed by atoms with E-state index < -0.39 is 0 Å². The highest BCUT2D eigenvalue weighted by Gasteiger charge is 2.39. The van der Waals surface area contributed by atoms with Crippen molar-refractivity contribution in [2.24, 2.45) is 0 Å². The SMILES string of the molecule is COc1ccc(CCN2C(=O)C(Nc3cc(C)ccc3OC)=C(c3cccs3)C2=O)cc1. The van der Waals surface area contributed by atoms with Crippen LogP contribution in [0.2, 0.25) is 0 Å². The van der Waals surface area contributed by atoms with E-state index in [-0.39, 0.29) is 24.1 Å². The van der Waals surface area contributed by atoms with Crippen molar-refractivity contribution in [1.29, 1.82) is 0 Å². The predicted octanol–water partition coefficient (Wildman–Crippen LogP) is 4.51. The first-order valence-electron chi connectivity index (χ1n) is 10.2.